The van der Waals surface area contributed by atoms with Crippen LogP contribution in [0.15, 0.2) is 54.6 Å². The van der Waals surface area contributed by atoms with E-state index < -0.39 is 23.8 Å². The Kier molecular flexibility index (Phi) is 4.78. The fourth-order valence-electron chi connectivity index (χ4n) is 3.07. The first-order chi connectivity index (χ1) is 14.0. The van der Waals surface area contributed by atoms with Gasteiger partial charge < -0.3 is 15.3 Å². The molecule has 1 aliphatic heterocycles. The predicted octanol–water partition coefficient (Wildman–Crippen LogP) is 2.31. The van der Waals surface area contributed by atoms with Crippen molar-refractivity contribution in [1.29, 1.82) is 0 Å². The molecule has 9 heteroatoms. The normalized spacial score (nSPS) is 14.8. The van der Waals surface area contributed by atoms with Crippen molar-refractivity contribution >= 4 is 34.4 Å². The van der Waals surface area contributed by atoms with Crippen LogP contribution in [0.3, 0.4) is 0 Å². The molecule has 0 bridgehead atoms. The largest absolute Gasteiger partial charge is 0.479 e. The van der Waals surface area contributed by atoms with Crippen LogP contribution in [0.1, 0.15) is 24.4 Å². The van der Waals surface area contributed by atoms with Gasteiger partial charge in [0.15, 0.2) is 11.9 Å². The summed E-state index contributed by atoms with van der Waals surface area (Å²) in [7, 11) is 0. The van der Waals surface area contributed by atoms with Crippen molar-refractivity contribution in [2.45, 2.75) is 18.9 Å². The van der Waals surface area contributed by atoms with Crippen LogP contribution < -0.4 is 10.2 Å². The molecule has 0 aliphatic carbocycles. The number of carbonyl (C=O) groups excluding carboxylic acids is 2. The van der Waals surface area contributed by atoms with Gasteiger partial charge in [-0.2, -0.15) is 0 Å². The minimum atomic E-state index is -1.07. The lowest BCUT2D eigenvalue weighted by Crippen LogP contribution is -2.33. The van der Waals surface area contributed by atoms with Gasteiger partial charge >= 0.3 is 5.97 Å². The zero-order chi connectivity index (χ0) is 20.4. The third kappa shape index (κ3) is 3.57. The van der Waals surface area contributed by atoms with E-state index in [0.29, 0.717) is 21.4 Å². The van der Waals surface area contributed by atoms with Gasteiger partial charge in [0.05, 0.1) is 5.39 Å². The van der Waals surface area contributed by atoms with E-state index in [4.69, 9.17) is 4.84 Å². The maximum absolute atomic E-state index is 11.8. The number of carboxylic acid groups (broad SMARTS) is 1. The van der Waals surface area contributed by atoms with Crippen molar-refractivity contribution < 1.29 is 24.3 Å². The number of nitrogens with zero attached hydrogens (tertiary/aromatic N) is 3. The molecule has 146 valence electrons. The van der Waals surface area contributed by atoms with Crippen molar-refractivity contribution in [3.05, 3.63) is 60.2 Å². The monoisotopic (exact) mass is 392 g/mol. The highest BCUT2D eigenvalue weighted by atomic mass is 16.7. The molecule has 2 N–H and O–H groups in total. The quantitative estimate of drug-likeness (QED) is 0.613. The molecule has 0 saturated carbocycles. The number of hydrogen-bond donors (Lipinski definition) is 2. The molecule has 4 rings (SSSR count). The van der Waals surface area contributed by atoms with E-state index in [1.807, 2.05) is 0 Å². The molecule has 1 fully saturated rings. The zero-order valence-electron chi connectivity index (χ0n) is 15.1. The van der Waals surface area contributed by atoms with Crippen molar-refractivity contribution in [2.75, 3.05) is 5.32 Å². The van der Waals surface area contributed by atoms with Crippen LogP contribution in [0, 0.1) is 0 Å². The molecule has 1 unspecified atom stereocenters. The summed E-state index contributed by atoms with van der Waals surface area (Å²) in [5.41, 5.74) is 0.555. The lowest BCUT2D eigenvalue weighted by molar-refractivity contribution is -0.165. The number of imide groups is 1. The maximum atomic E-state index is 11.8. The van der Waals surface area contributed by atoms with Crippen LogP contribution in [0.2, 0.25) is 0 Å². The Balaban J connectivity index is 1.70. The highest BCUT2D eigenvalue weighted by Gasteiger charge is 2.32. The highest BCUT2D eigenvalue weighted by Crippen LogP contribution is 2.31. The summed E-state index contributed by atoms with van der Waals surface area (Å²) in [4.78, 5) is 40.9. The van der Waals surface area contributed by atoms with Gasteiger partial charge in [-0.15, -0.1) is 15.3 Å². The minimum absolute atomic E-state index is 0.0127. The Labute approximate surface area is 164 Å². The summed E-state index contributed by atoms with van der Waals surface area (Å²) in [5.74, 6) is -1.74. The van der Waals surface area contributed by atoms with Gasteiger partial charge in [-0.1, -0.05) is 48.5 Å². The zero-order valence-corrected chi connectivity index (χ0v) is 15.1. The van der Waals surface area contributed by atoms with Gasteiger partial charge in [0.2, 0.25) is 0 Å². The summed E-state index contributed by atoms with van der Waals surface area (Å²) in [6, 6.07) is 14.5. The number of carboxylic acids is 1. The third-order valence-corrected chi connectivity index (χ3v) is 4.50. The summed E-state index contributed by atoms with van der Waals surface area (Å²) in [6.07, 6.45) is 0.169. The molecular formula is C20H16N4O5. The van der Waals surface area contributed by atoms with E-state index in [1.54, 1.807) is 54.6 Å². The van der Waals surface area contributed by atoms with E-state index in [-0.39, 0.29) is 24.5 Å². The second-order valence-corrected chi connectivity index (χ2v) is 6.40. The van der Waals surface area contributed by atoms with Crippen LogP contribution in [-0.2, 0) is 14.4 Å². The molecule has 0 radical (unpaired) electrons. The SMILES string of the molecule is O=C(O)C(Nc1nnc(ON2C(=O)CCC2=O)c2ccccc12)c1ccccc1. The van der Waals surface area contributed by atoms with Crippen molar-refractivity contribution in [2.24, 2.45) is 0 Å². The Hall–Kier alpha value is -4.01. The molecule has 1 aliphatic rings. The van der Waals surface area contributed by atoms with Crippen molar-refractivity contribution in [3.8, 4) is 5.88 Å². The number of fused-ring (bicyclic) bond motifs is 1. The molecular weight excluding hydrogens is 376 g/mol. The van der Waals surface area contributed by atoms with Gasteiger partial charge in [-0.05, 0) is 11.6 Å². The first-order valence-corrected chi connectivity index (χ1v) is 8.88. The average molecular weight is 392 g/mol. The van der Waals surface area contributed by atoms with E-state index >= 15 is 0 Å². The Morgan fingerprint density at radius 3 is 2.24 bits per heavy atom. The van der Waals surface area contributed by atoms with E-state index in [0.717, 1.165) is 0 Å². The number of aromatic nitrogens is 2. The van der Waals surface area contributed by atoms with Crippen molar-refractivity contribution in [1.82, 2.24) is 15.3 Å². The average Bonchev–Trinajstić information content (AvgIpc) is 3.05. The Morgan fingerprint density at radius 1 is 0.966 bits per heavy atom. The van der Waals surface area contributed by atoms with Crippen LogP contribution in [0.5, 0.6) is 5.88 Å². The van der Waals surface area contributed by atoms with Crippen LogP contribution in [-0.4, -0.2) is 38.2 Å². The van der Waals surface area contributed by atoms with E-state index in [2.05, 4.69) is 15.5 Å². The summed E-state index contributed by atoms with van der Waals surface area (Å²) in [5, 5.41) is 22.3. The lowest BCUT2D eigenvalue weighted by Gasteiger charge is -2.18. The number of rotatable bonds is 6. The number of nitrogens with one attached hydrogen (secondary N) is 1. The van der Waals surface area contributed by atoms with E-state index in [9.17, 15) is 19.5 Å². The van der Waals surface area contributed by atoms with Crippen LogP contribution in [0.4, 0.5) is 5.82 Å². The Bertz CT molecular complexity index is 1090. The van der Waals surface area contributed by atoms with Gasteiger partial charge in [0, 0.05) is 18.2 Å². The number of carbonyl (C=O) groups is 3. The molecule has 1 atom stereocenters. The number of benzene rings is 2. The fourth-order valence-corrected chi connectivity index (χ4v) is 3.07. The molecule has 3 aromatic rings. The van der Waals surface area contributed by atoms with Crippen molar-refractivity contribution in [3.63, 3.8) is 0 Å². The third-order valence-electron chi connectivity index (χ3n) is 4.50. The number of hydrogen-bond acceptors (Lipinski definition) is 7. The summed E-state index contributed by atoms with van der Waals surface area (Å²) >= 11 is 0. The highest BCUT2D eigenvalue weighted by molar-refractivity contribution is 6.01. The number of amides is 2. The first-order valence-electron chi connectivity index (χ1n) is 8.88. The van der Waals surface area contributed by atoms with E-state index in [1.165, 1.54) is 0 Å². The molecule has 1 aromatic heterocycles. The molecule has 2 aromatic carbocycles. The fraction of sp³-hybridized carbons (Fsp3) is 0.150. The smallest absolute Gasteiger partial charge is 0.330 e. The second-order valence-electron chi connectivity index (χ2n) is 6.40. The maximum Gasteiger partial charge on any atom is 0.330 e. The van der Waals surface area contributed by atoms with Crippen LogP contribution >= 0.6 is 0 Å². The van der Waals surface area contributed by atoms with Gasteiger partial charge in [-0.25, -0.2) is 4.79 Å². The molecule has 1 saturated heterocycles. The molecule has 0 spiro atoms. The topological polar surface area (TPSA) is 122 Å². The van der Waals surface area contributed by atoms with Gasteiger partial charge in [0.25, 0.3) is 17.7 Å². The number of aliphatic carboxylic acids is 1. The molecule has 29 heavy (non-hydrogen) atoms. The first kappa shape index (κ1) is 18.4. The Morgan fingerprint density at radius 2 is 1.59 bits per heavy atom. The minimum Gasteiger partial charge on any atom is -0.479 e. The number of anilines is 1. The van der Waals surface area contributed by atoms with Gasteiger partial charge in [-0.3, -0.25) is 9.59 Å². The standard InChI is InChI=1S/C20H16N4O5/c25-15-10-11-16(26)24(15)29-19-14-9-5-4-8-13(14)18(22-23-19)21-17(20(27)28)12-6-2-1-3-7-12/h1-9,17H,10-11H2,(H,21,22)(H,27,28). The second kappa shape index (κ2) is 7.55. The molecule has 2 heterocycles. The molecule has 2 amide bonds. The summed E-state index contributed by atoms with van der Waals surface area (Å²) < 4.78 is 0. The van der Waals surface area contributed by atoms with Gasteiger partial charge in [0.1, 0.15) is 0 Å². The van der Waals surface area contributed by atoms with Crippen LogP contribution in [0.25, 0.3) is 10.8 Å². The predicted molar refractivity (Wildman–Crippen MR) is 102 cm³/mol. The summed E-state index contributed by atoms with van der Waals surface area (Å²) in [6.45, 7) is 0. The number of hydroxylamine groups is 2. The molecule has 9 nitrogen and oxygen atoms in total. The lowest BCUT2D eigenvalue weighted by atomic mass is 10.1.